The van der Waals surface area contributed by atoms with E-state index in [1.165, 1.54) is 22.3 Å². The summed E-state index contributed by atoms with van der Waals surface area (Å²) < 4.78 is 0. The van der Waals surface area contributed by atoms with Gasteiger partial charge in [-0.05, 0) is 65.5 Å². The molecular weight excluding hydrogens is 356 g/mol. The van der Waals surface area contributed by atoms with Crippen LogP contribution < -0.4 is 0 Å². The van der Waals surface area contributed by atoms with Gasteiger partial charge in [-0.25, -0.2) is 0 Å². The molecular formula is C27H28O2. The molecule has 0 saturated carbocycles. The topological polar surface area (TPSA) is 40.5 Å². The van der Waals surface area contributed by atoms with E-state index in [4.69, 9.17) is 0 Å². The van der Waals surface area contributed by atoms with E-state index in [0.29, 0.717) is 12.8 Å². The van der Waals surface area contributed by atoms with E-state index in [9.17, 15) is 10.2 Å². The van der Waals surface area contributed by atoms with Gasteiger partial charge in [0.2, 0.25) is 0 Å². The van der Waals surface area contributed by atoms with Crippen molar-refractivity contribution in [3.05, 3.63) is 118 Å². The van der Waals surface area contributed by atoms with Crippen LogP contribution in [0.3, 0.4) is 0 Å². The van der Waals surface area contributed by atoms with Crippen LogP contribution in [0.4, 0.5) is 0 Å². The first kappa shape index (κ1) is 19.6. The van der Waals surface area contributed by atoms with Crippen molar-refractivity contribution in [3.63, 3.8) is 0 Å². The van der Waals surface area contributed by atoms with Crippen molar-refractivity contribution in [2.75, 3.05) is 0 Å². The Morgan fingerprint density at radius 1 is 0.586 bits per heavy atom. The maximum Gasteiger partial charge on any atom is 0.0824 e. The first-order chi connectivity index (χ1) is 14.2. The van der Waals surface area contributed by atoms with Crippen LogP contribution in [0, 0.1) is 0 Å². The van der Waals surface area contributed by atoms with Crippen LogP contribution in [0.25, 0.3) is 0 Å². The van der Waals surface area contributed by atoms with Crippen LogP contribution in [-0.2, 0) is 12.8 Å². The SMILES string of the molecule is OC1C/C=C/CCC(O)c2ccc(cc2)Cc2cccc(c2)Cc2ccc1cc2. The fourth-order valence-electron chi connectivity index (χ4n) is 3.94. The van der Waals surface area contributed by atoms with Crippen LogP contribution in [0.5, 0.6) is 0 Å². The molecule has 2 unspecified atom stereocenters. The molecule has 3 aromatic rings. The van der Waals surface area contributed by atoms with Gasteiger partial charge in [0.25, 0.3) is 0 Å². The van der Waals surface area contributed by atoms with Crippen LogP contribution in [0.1, 0.15) is 64.9 Å². The Bertz CT molecular complexity index is 955. The van der Waals surface area contributed by atoms with Gasteiger partial charge in [-0.15, -0.1) is 0 Å². The van der Waals surface area contributed by atoms with Crippen LogP contribution in [0.15, 0.2) is 84.9 Å². The number of hydrogen-bond donors (Lipinski definition) is 2. The Labute approximate surface area is 173 Å². The molecule has 29 heavy (non-hydrogen) atoms. The fraction of sp³-hybridized carbons (Fsp3) is 0.259. The highest BCUT2D eigenvalue weighted by Gasteiger charge is 2.09. The zero-order valence-electron chi connectivity index (χ0n) is 16.7. The van der Waals surface area contributed by atoms with Crippen molar-refractivity contribution >= 4 is 0 Å². The number of hydrogen-bond acceptors (Lipinski definition) is 2. The highest BCUT2D eigenvalue weighted by atomic mass is 16.3. The summed E-state index contributed by atoms with van der Waals surface area (Å²) in [6.07, 6.45) is 6.95. The predicted molar refractivity (Wildman–Crippen MR) is 118 cm³/mol. The smallest absolute Gasteiger partial charge is 0.0824 e. The minimum atomic E-state index is -0.494. The van der Waals surface area contributed by atoms with Gasteiger partial charge in [0.05, 0.1) is 12.2 Å². The third-order valence-electron chi connectivity index (χ3n) is 5.67. The third kappa shape index (κ3) is 5.23. The Morgan fingerprint density at radius 2 is 1.14 bits per heavy atom. The second-order valence-corrected chi connectivity index (χ2v) is 7.97. The van der Waals surface area contributed by atoms with E-state index in [-0.39, 0.29) is 0 Å². The molecule has 0 amide bonds. The van der Waals surface area contributed by atoms with Crippen molar-refractivity contribution in [1.29, 1.82) is 0 Å². The first-order valence-corrected chi connectivity index (χ1v) is 10.4. The minimum Gasteiger partial charge on any atom is -0.388 e. The maximum absolute atomic E-state index is 10.4. The molecule has 0 spiro atoms. The molecule has 2 atom stereocenters. The summed E-state index contributed by atoms with van der Waals surface area (Å²) in [6.45, 7) is 0. The molecule has 2 N–H and O–H groups in total. The predicted octanol–water partition coefficient (Wildman–Crippen LogP) is 5.68. The lowest BCUT2D eigenvalue weighted by molar-refractivity contribution is 0.168. The number of allylic oxidation sites excluding steroid dienone is 1. The second-order valence-electron chi connectivity index (χ2n) is 7.97. The lowest BCUT2D eigenvalue weighted by atomic mass is 9.96. The van der Waals surface area contributed by atoms with Gasteiger partial charge in [0.1, 0.15) is 0 Å². The molecule has 3 aromatic carbocycles. The molecule has 0 radical (unpaired) electrons. The second kappa shape index (κ2) is 9.21. The molecule has 0 aromatic heterocycles. The Hall–Kier alpha value is -2.68. The van der Waals surface area contributed by atoms with Crippen molar-refractivity contribution < 1.29 is 10.2 Å². The molecule has 7 rings (SSSR count). The molecule has 2 heteroatoms. The summed E-state index contributed by atoms with van der Waals surface area (Å²) in [7, 11) is 0. The molecule has 0 aliphatic heterocycles. The fourth-order valence-corrected chi connectivity index (χ4v) is 3.94. The van der Waals surface area contributed by atoms with Crippen molar-refractivity contribution in [2.45, 2.75) is 44.3 Å². The van der Waals surface area contributed by atoms with Gasteiger partial charge < -0.3 is 10.2 Å². The van der Waals surface area contributed by atoms with Gasteiger partial charge in [0, 0.05) is 0 Å². The van der Waals surface area contributed by atoms with Crippen LogP contribution >= 0.6 is 0 Å². The zero-order chi connectivity index (χ0) is 20.1. The summed E-state index contributed by atoms with van der Waals surface area (Å²) in [5, 5.41) is 20.9. The summed E-state index contributed by atoms with van der Waals surface area (Å²) in [6, 6.07) is 25.3. The molecule has 0 fully saturated rings. The van der Waals surface area contributed by atoms with E-state index >= 15 is 0 Å². The number of aliphatic hydroxyl groups is 2. The number of aliphatic hydroxyl groups excluding tert-OH is 2. The van der Waals surface area contributed by atoms with Gasteiger partial charge in [-0.3, -0.25) is 0 Å². The quantitative estimate of drug-likeness (QED) is 0.490. The van der Waals surface area contributed by atoms with Crippen LogP contribution in [0.2, 0.25) is 0 Å². The minimum absolute atomic E-state index is 0.458. The van der Waals surface area contributed by atoms with E-state index < -0.39 is 12.2 Å². The standard InChI is InChI=1S/C27H28O2/c28-26-7-2-1-3-8-27(29)25-15-11-21(12-16-25)18-23-6-4-5-22(19-23)17-20-9-13-24(26)14-10-20/h1-2,4-6,9-16,19,26-29H,3,7-8,17-18H2/b2-1+. The number of rotatable bonds is 0. The van der Waals surface area contributed by atoms with E-state index in [1.54, 1.807) is 0 Å². The monoisotopic (exact) mass is 384 g/mol. The average Bonchev–Trinajstić information content (AvgIpc) is 2.74. The summed E-state index contributed by atoms with van der Waals surface area (Å²) in [4.78, 5) is 0. The van der Waals surface area contributed by atoms with Gasteiger partial charge in [-0.2, -0.15) is 0 Å². The third-order valence-corrected chi connectivity index (χ3v) is 5.67. The van der Waals surface area contributed by atoms with E-state index in [0.717, 1.165) is 30.4 Å². The highest BCUT2D eigenvalue weighted by Crippen LogP contribution is 2.23. The molecule has 0 saturated heterocycles. The lowest BCUT2D eigenvalue weighted by Crippen LogP contribution is -1.99. The van der Waals surface area contributed by atoms with Crippen LogP contribution in [-0.4, -0.2) is 10.2 Å². The summed E-state index contributed by atoms with van der Waals surface area (Å²) in [5.74, 6) is 0. The van der Waals surface area contributed by atoms with Gasteiger partial charge >= 0.3 is 0 Å². The largest absolute Gasteiger partial charge is 0.388 e. The van der Waals surface area contributed by atoms with Gasteiger partial charge in [-0.1, -0.05) is 84.9 Å². The normalized spacial score (nSPS) is 21.0. The van der Waals surface area contributed by atoms with E-state index in [2.05, 4.69) is 54.6 Å². The Balaban J connectivity index is 1.62. The first-order valence-electron chi connectivity index (χ1n) is 10.4. The molecule has 0 heterocycles. The zero-order valence-corrected chi connectivity index (χ0v) is 16.7. The van der Waals surface area contributed by atoms with Gasteiger partial charge in [0.15, 0.2) is 0 Å². The molecule has 2 nitrogen and oxygen atoms in total. The van der Waals surface area contributed by atoms with Crippen molar-refractivity contribution in [1.82, 2.24) is 0 Å². The Kier molecular flexibility index (Phi) is 6.24. The molecule has 4 aliphatic rings. The Morgan fingerprint density at radius 3 is 1.72 bits per heavy atom. The van der Waals surface area contributed by atoms with E-state index in [1.807, 2.05) is 30.3 Å². The lowest BCUT2D eigenvalue weighted by Gasteiger charge is -2.12. The van der Waals surface area contributed by atoms with Crippen molar-refractivity contribution in [3.8, 4) is 0 Å². The molecule has 6 bridgehead atoms. The summed E-state index contributed by atoms with van der Waals surface area (Å²) >= 11 is 0. The maximum atomic E-state index is 10.4. The highest BCUT2D eigenvalue weighted by molar-refractivity contribution is 5.35. The number of benzene rings is 3. The average molecular weight is 385 g/mol. The molecule has 4 aliphatic carbocycles. The summed E-state index contributed by atoms with van der Waals surface area (Å²) in [5.41, 5.74) is 7.00. The molecule has 148 valence electrons. The van der Waals surface area contributed by atoms with Crippen molar-refractivity contribution in [2.24, 2.45) is 0 Å².